The second-order valence-electron chi connectivity index (χ2n) is 4.57. The van der Waals surface area contributed by atoms with Crippen LogP contribution in [0.15, 0.2) is 16.6 Å². The van der Waals surface area contributed by atoms with Gasteiger partial charge in [-0.05, 0) is 53.4 Å². The highest BCUT2D eigenvalue weighted by Crippen LogP contribution is 2.40. The van der Waals surface area contributed by atoms with E-state index in [1.54, 1.807) is 0 Å². The monoisotopic (exact) mass is 297 g/mol. The highest BCUT2D eigenvalue weighted by atomic mass is 79.9. The Morgan fingerprint density at radius 1 is 1.53 bits per heavy atom. The molecule has 0 amide bonds. The summed E-state index contributed by atoms with van der Waals surface area (Å²) in [6.45, 7) is 4.10. The number of carbonyl (C=O) groups excluding carboxylic acids is 1. The predicted octanol–water partition coefficient (Wildman–Crippen LogP) is 3.22. The molecular formula is C13H16BrNO2. The molecule has 0 bridgehead atoms. The van der Waals surface area contributed by atoms with E-state index >= 15 is 0 Å². The second kappa shape index (κ2) is 4.69. The molecule has 2 atom stereocenters. The Kier molecular flexibility index (Phi) is 3.43. The summed E-state index contributed by atoms with van der Waals surface area (Å²) in [5, 5.41) is 3.41. The van der Waals surface area contributed by atoms with Gasteiger partial charge in [-0.15, -0.1) is 0 Å². The van der Waals surface area contributed by atoms with Crippen molar-refractivity contribution < 1.29 is 9.53 Å². The van der Waals surface area contributed by atoms with Gasteiger partial charge < -0.3 is 10.1 Å². The lowest BCUT2D eigenvalue weighted by Gasteiger charge is -2.31. The van der Waals surface area contributed by atoms with Crippen LogP contribution < -0.4 is 5.32 Å². The lowest BCUT2D eigenvalue weighted by molar-refractivity contribution is -0.142. The quantitative estimate of drug-likeness (QED) is 0.809. The summed E-state index contributed by atoms with van der Waals surface area (Å²) in [5.74, 6) is -0.320. The number of benzene rings is 1. The molecule has 0 spiro atoms. The lowest BCUT2D eigenvalue weighted by atomic mass is 9.86. The number of hydrogen-bond donors (Lipinski definition) is 1. The number of aryl methyl sites for hydroxylation is 1. The number of rotatable bonds is 1. The number of esters is 1. The number of carbonyl (C=O) groups is 1. The smallest absolute Gasteiger partial charge is 0.313 e. The van der Waals surface area contributed by atoms with Crippen molar-refractivity contribution in [2.75, 3.05) is 12.4 Å². The number of anilines is 1. The molecule has 1 aromatic rings. The maximum Gasteiger partial charge on any atom is 0.313 e. The fourth-order valence-corrected chi connectivity index (χ4v) is 3.05. The SMILES string of the molecule is COC(=O)C1CC(C)Nc2c(Br)cc(C)cc21. The number of nitrogens with one attached hydrogen (secondary N) is 1. The molecule has 1 aliphatic heterocycles. The van der Waals surface area contributed by atoms with Crippen LogP contribution in [0.5, 0.6) is 0 Å². The summed E-state index contributed by atoms with van der Waals surface area (Å²) < 4.78 is 5.90. The van der Waals surface area contributed by atoms with Gasteiger partial charge in [-0.1, -0.05) is 6.07 Å². The van der Waals surface area contributed by atoms with Gasteiger partial charge in [0.05, 0.1) is 18.7 Å². The molecule has 1 heterocycles. The van der Waals surface area contributed by atoms with Gasteiger partial charge in [0.1, 0.15) is 0 Å². The zero-order chi connectivity index (χ0) is 12.6. The number of ether oxygens (including phenoxy) is 1. The van der Waals surface area contributed by atoms with Crippen LogP contribution in [0.4, 0.5) is 5.69 Å². The van der Waals surface area contributed by atoms with Crippen LogP contribution in [0.1, 0.15) is 30.4 Å². The first-order valence-electron chi connectivity index (χ1n) is 5.67. The molecule has 17 heavy (non-hydrogen) atoms. The first kappa shape index (κ1) is 12.4. The third kappa shape index (κ3) is 2.32. The van der Waals surface area contributed by atoms with Crippen LogP contribution in [-0.2, 0) is 9.53 Å². The van der Waals surface area contributed by atoms with E-state index < -0.39 is 0 Å². The molecule has 0 fully saturated rings. The largest absolute Gasteiger partial charge is 0.469 e. The third-order valence-corrected chi connectivity index (χ3v) is 3.73. The van der Waals surface area contributed by atoms with E-state index in [4.69, 9.17) is 4.74 Å². The van der Waals surface area contributed by atoms with E-state index in [1.165, 1.54) is 7.11 Å². The molecule has 92 valence electrons. The lowest BCUT2D eigenvalue weighted by Crippen LogP contribution is -2.30. The molecule has 0 saturated heterocycles. The summed E-state index contributed by atoms with van der Waals surface area (Å²) in [5.41, 5.74) is 3.19. The number of fused-ring (bicyclic) bond motifs is 1. The minimum atomic E-state index is -0.164. The van der Waals surface area contributed by atoms with Gasteiger partial charge in [0, 0.05) is 10.5 Å². The van der Waals surface area contributed by atoms with Crippen molar-refractivity contribution in [1.29, 1.82) is 0 Å². The van der Waals surface area contributed by atoms with Crippen LogP contribution >= 0.6 is 15.9 Å². The van der Waals surface area contributed by atoms with Crippen molar-refractivity contribution in [3.63, 3.8) is 0 Å². The molecule has 0 saturated carbocycles. The van der Waals surface area contributed by atoms with Gasteiger partial charge in [0.2, 0.25) is 0 Å². The average Bonchev–Trinajstić information content (AvgIpc) is 2.28. The fourth-order valence-electron chi connectivity index (χ4n) is 2.35. The zero-order valence-corrected chi connectivity index (χ0v) is 11.8. The number of hydrogen-bond acceptors (Lipinski definition) is 3. The summed E-state index contributed by atoms with van der Waals surface area (Å²) in [7, 11) is 1.44. The van der Waals surface area contributed by atoms with Crippen LogP contribution in [0.2, 0.25) is 0 Å². The second-order valence-corrected chi connectivity index (χ2v) is 5.42. The highest BCUT2D eigenvalue weighted by molar-refractivity contribution is 9.10. The van der Waals surface area contributed by atoms with Gasteiger partial charge >= 0.3 is 5.97 Å². The van der Waals surface area contributed by atoms with Crippen molar-refractivity contribution in [2.45, 2.75) is 32.2 Å². The molecule has 4 heteroatoms. The summed E-state index contributed by atoms with van der Waals surface area (Å²) in [6.07, 6.45) is 0.773. The molecular weight excluding hydrogens is 282 g/mol. The molecule has 3 nitrogen and oxygen atoms in total. The molecule has 0 aliphatic carbocycles. The number of methoxy groups -OCH3 is 1. The maximum atomic E-state index is 11.8. The van der Waals surface area contributed by atoms with Crippen LogP contribution in [0.25, 0.3) is 0 Å². The summed E-state index contributed by atoms with van der Waals surface area (Å²) >= 11 is 3.54. The Morgan fingerprint density at radius 3 is 2.88 bits per heavy atom. The Morgan fingerprint density at radius 2 is 2.24 bits per heavy atom. The van der Waals surface area contributed by atoms with Gasteiger partial charge in [-0.25, -0.2) is 0 Å². The van der Waals surface area contributed by atoms with E-state index in [0.29, 0.717) is 0 Å². The molecule has 1 aromatic carbocycles. The first-order chi connectivity index (χ1) is 8.02. The third-order valence-electron chi connectivity index (χ3n) is 3.11. The van der Waals surface area contributed by atoms with Crippen molar-refractivity contribution >= 4 is 27.6 Å². The van der Waals surface area contributed by atoms with E-state index in [2.05, 4.69) is 40.3 Å². The van der Waals surface area contributed by atoms with E-state index in [-0.39, 0.29) is 17.9 Å². The van der Waals surface area contributed by atoms with Crippen molar-refractivity contribution in [3.8, 4) is 0 Å². The predicted molar refractivity (Wildman–Crippen MR) is 71.3 cm³/mol. The molecule has 1 aliphatic rings. The van der Waals surface area contributed by atoms with Gasteiger partial charge in [-0.2, -0.15) is 0 Å². The van der Waals surface area contributed by atoms with Crippen molar-refractivity contribution in [1.82, 2.24) is 0 Å². The van der Waals surface area contributed by atoms with E-state index in [1.807, 2.05) is 6.92 Å². The maximum absolute atomic E-state index is 11.8. The first-order valence-corrected chi connectivity index (χ1v) is 6.46. The summed E-state index contributed by atoms with van der Waals surface area (Å²) in [4.78, 5) is 11.8. The molecule has 2 unspecified atom stereocenters. The Bertz CT molecular complexity index is 459. The minimum Gasteiger partial charge on any atom is -0.469 e. The molecule has 0 radical (unpaired) electrons. The van der Waals surface area contributed by atoms with Gasteiger partial charge in [0.15, 0.2) is 0 Å². The van der Waals surface area contributed by atoms with E-state index in [9.17, 15) is 4.79 Å². The molecule has 2 rings (SSSR count). The Labute approximate surface area is 110 Å². The van der Waals surface area contributed by atoms with Crippen molar-refractivity contribution in [2.24, 2.45) is 0 Å². The molecule has 1 N–H and O–H groups in total. The zero-order valence-electron chi connectivity index (χ0n) is 10.2. The summed E-state index contributed by atoms with van der Waals surface area (Å²) in [6, 6.07) is 4.38. The topological polar surface area (TPSA) is 38.3 Å². The molecule has 0 aromatic heterocycles. The fraction of sp³-hybridized carbons (Fsp3) is 0.462. The Hall–Kier alpha value is -1.03. The van der Waals surface area contributed by atoms with Crippen LogP contribution in [0.3, 0.4) is 0 Å². The number of halogens is 1. The van der Waals surface area contributed by atoms with Crippen molar-refractivity contribution in [3.05, 3.63) is 27.7 Å². The minimum absolute atomic E-state index is 0.155. The Balaban J connectivity index is 2.52. The van der Waals surface area contributed by atoms with E-state index in [0.717, 1.165) is 27.7 Å². The van der Waals surface area contributed by atoms with Gasteiger partial charge in [-0.3, -0.25) is 4.79 Å². The normalized spacial score (nSPS) is 22.6. The average molecular weight is 298 g/mol. The van der Waals surface area contributed by atoms with Crippen LogP contribution in [-0.4, -0.2) is 19.1 Å². The van der Waals surface area contributed by atoms with Gasteiger partial charge in [0.25, 0.3) is 0 Å². The standard InChI is InChI=1S/C13H16BrNO2/c1-7-4-9-10(13(16)17-3)6-8(2)15-12(9)11(14)5-7/h4-5,8,10,15H,6H2,1-3H3. The highest BCUT2D eigenvalue weighted by Gasteiger charge is 2.31. The van der Waals surface area contributed by atoms with Crippen LogP contribution in [0, 0.1) is 6.92 Å².